The predicted molar refractivity (Wildman–Crippen MR) is 108 cm³/mol. The van der Waals surface area contributed by atoms with Gasteiger partial charge in [-0.15, -0.1) is 11.3 Å². The van der Waals surface area contributed by atoms with E-state index in [1.54, 1.807) is 12.1 Å². The van der Waals surface area contributed by atoms with Crippen molar-refractivity contribution in [1.82, 2.24) is 0 Å². The van der Waals surface area contributed by atoms with Crippen LogP contribution < -0.4 is 4.90 Å². The van der Waals surface area contributed by atoms with Gasteiger partial charge in [0.2, 0.25) is 0 Å². The number of esters is 1. The van der Waals surface area contributed by atoms with Crippen LogP contribution in [-0.4, -0.2) is 26.2 Å². The Morgan fingerprint density at radius 3 is 2.50 bits per heavy atom. The maximum atomic E-state index is 14.6. The molecule has 2 aromatic carbocycles. The van der Waals surface area contributed by atoms with E-state index in [2.05, 4.69) is 4.90 Å². The standard InChI is InChI=1S/C22H19F2NO2S/c1-27-22(26)16-7-3-2-6-15(16)21-18(17-12-14(23)8-9-19(17)24)13-20(28-21)25-10-4-5-11-25/h2-3,6-9,12-13H,4-5,10-11H2,1H3. The number of hydrogen-bond donors (Lipinski definition) is 0. The largest absolute Gasteiger partial charge is 0.465 e. The minimum atomic E-state index is -0.502. The lowest BCUT2D eigenvalue weighted by Gasteiger charge is -2.14. The highest BCUT2D eigenvalue weighted by Crippen LogP contribution is 2.45. The first kappa shape index (κ1) is 18.6. The number of carbonyl (C=O) groups is 1. The molecule has 0 aliphatic carbocycles. The van der Waals surface area contributed by atoms with Gasteiger partial charge in [-0.1, -0.05) is 18.2 Å². The lowest BCUT2D eigenvalue weighted by Crippen LogP contribution is -2.15. The zero-order valence-electron chi connectivity index (χ0n) is 15.4. The summed E-state index contributed by atoms with van der Waals surface area (Å²) in [4.78, 5) is 15.3. The lowest BCUT2D eigenvalue weighted by atomic mass is 9.98. The van der Waals surface area contributed by atoms with Gasteiger partial charge in [0.1, 0.15) is 11.6 Å². The second kappa shape index (κ2) is 7.72. The molecule has 0 bridgehead atoms. The van der Waals surface area contributed by atoms with Crippen LogP contribution in [0.15, 0.2) is 48.5 Å². The third-order valence-corrected chi connectivity index (χ3v) is 6.16. The fourth-order valence-corrected chi connectivity index (χ4v) is 4.81. The molecule has 4 rings (SSSR count). The molecular formula is C22H19F2NO2S. The Hall–Kier alpha value is -2.73. The van der Waals surface area contributed by atoms with Crippen LogP contribution in [0.25, 0.3) is 21.6 Å². The number of carbonyl (C=O) groups excluding carboxylic acids is 1. The first-order valence-electron chi connectivity index (χ1n) is 9.10. The quantitative estimate of drug-likeness (QED) is 0.524. The molecule has 1 aromatic heterocycles. The van der Waals surface area contributed by atoms with E-state index in [9.17, 15) is 13.6 Å². The number of thiophene rings is 1. The highest BCUT2D eigenvalue weighted by Gasteiger charge is 2.24. The molecule has 28 heavy (non-hydrogen) atoms. The lowest BCUT2D eigenvalue weighted by molar-refractivity contribution is 0.0601. The van der Waals surface area contributed by atoms with Gasteiger partial charge in [0, 0.05) is 34.7 Å². The molecule has 1 aliphatic rings. The number of halogens is 2. The van der Waals surface area contributed by atoms with Crippen molar-refractivity contribution in [3.8, 4) is 21.6 Å². The third kappa shape index (κ3) is 3.40. The van der Waals surface area contributed by atoms with Crippen LogP contribution in [0.1, 0.15) is 23.2 Å². The van der Waals surface area contributed by atoms with E-state index in [0.29, 0.717) is 16.7 Å². The Kier molecular flexibility index (Phi) is 5.13. The summed E-state index contributed by atoms with van der Waals surface area (Å²) in [5.41, 5.74) is 1.83. The molecule has 0 N–H and O–H groups in total. The van der Waals surface area contributed by atoms with Crippen LogP contribution in [0, 0.1) is 11.6 Å². The summed E-state index contributed by atoms with van der Waals surface area (Å²) in [7, 11) is 1.33. The molecule has 1 saturated heterocycles. The smallest absolute Gasteiger partial charge is 0.338 e. The van der Waals surface area contributed by atoms with Crippen molar-refractivity contribution < 1.29 is 18.3 Å². The number of anilines is 1. The number of benzene rings is 2. The summed E-state index contributed by atoms with van der Waals surface area (Å²) >= 11 is 1.49. The molecule has 3 nitrogen and oxygen atoms in total. The molecule has 2 heterocycles. The highest BCUT2D eigenvalue weighted by atomic mass is 32.1. The number of rotatable bonds is 4. The van der Waals surface area contributed by atoms with Crippen LogP contribution in [0.5, 0.6) is 0 Å². The molecule has 0 amide bonds. The van der Waals surface area contributed by atoms with Gasteiger partial charge >= 0.3 is 5.97 Å². The van der Waals surface area contributed by atoms with Gasteiger partial charge in [0.25, 0.3) is 0 Å². The van der Waals surface area contributed by atoms with Crippen molar-refractivity contribution in [3.63, 3.8) is 0 Å². The van der Waals surface area contributed by atoms with Crippen molar-refractivity contribution in [2.24, 2.45) is 0 Å². The fraction of sp³-hybridized carbons (Fsp3) is 0.227. The Labute approximate surface area is 166 Å². The van der Waals surface area contributed by atoms with Gasteiger partial charge in [-0.3, -0.25) is 0 Å². The molecule has 3 aromatic rings. The van der Waals surface area contributed by atoms with Crippen LogP contribution in [0.4, 0.5) is 13.8 Å². The molecule has 0 radical (unpaired) electrons. The first-order chi connectivity index (χ1) is 13.6. The summed E-state index contributed by atoms with van der Waals surface area (Å²) in [5.74, 6) is -1.46. The van der Waals surface area contributed by atoms with E-state index in [0.717, 1.165) is 47.9 Å². The van der Waals surface area contributed by atoms with E-state index in [1.165, 1.54) is 24.5 Å². The number of methoxy groups -OCH3 is 1. The van der Waals surface area contributed by atoms with Gasteiger partial charge in [0.15, 0.2) is 0 Å². The van der Waals surface area contributed by atoms with Crippen LogP contribution in [-0.2, 0) is 4.74 Å². The minimum absolute atomic E-state index is 0.191. The fourth-order valence-electron chi connectivity index (χ4n) is 3.54. The zero-order chi connectivity index (χ0) is 19.7. The van der Waals surface area contributed by atoms with Gasteiger partial charge in [-0.25, -0.2) is 13.6 Å². The molecule has 144 valence electrons. The predicted octanol–water partition coefficient (Wildman–Crippen LogP) is 5.75. The number of ether oxygens (including phenoxy) is 1. The second-order valence-electron chi connectivity index (χ2n) is 6.68. The summed E-state index contributed by atoms with van der Waals surface area (Å²) < 4.78 is 33.4. The number of nitrogens with zero attached hydrogens (tertiary/aromatic N) is 1. The normalized spacial score (nSPS) is 13.8. The van der Waals surface area contributed by atoms with Gasteiger partial charge < -0.3 is 9.64 Å². The summed E-state index contributed by atoms with van der Waals surface area (Å²) in [6.07, 6.45) is 2.21. The Morgan fingerprint density at radius 2 is 1.75 bits per heavy atom. The topological polar surface area (TPSA) is 29.5 Å². The van der Waals surface area contributed by atoms with Crippen molar-refractivity contribution in [2.75, 3.05) is 25.1 Å². The van der Waals surface area contributed by atoms with Gasteiger partial charge in [-0.2, -0.15) is 0 Å². The van der Waals surface area contributed by atoms with Crippen molar-refractivity contribution in [2.45, 2.75) is 12.8 Å². The molecule has 6 heteroatoms. The molecule has 0 saturated carbocycles. The highest BCUT2D eigenvalue weighted by molar-refractivity contribution is 7.20. The molecule has 0 unspecified atom stereocenters. The Morgan fingerprint density at radius 1 is 1.00 bits per heavy atom. The molecule has 0 spiro atoms. The number of hydrogen-bond acceptors (Lipinski definition) is 4. The van der Waals surface area contributed by atoms with Crippen molar-refractivity contribution in [3.05, 3.63) is 65.7 Å². The maximum Gasteiger partial charge on any atom is 0.338 e. The van der Waals surface area contributed by atoms with E-state index < -0.39 is 17.6 Å². The molecule has 0 atom stereocenters. The van der Waals surface area contributed by atoms with E-state index in [1.807, 2.05) is 18.2 Å². The van der Waals surface area contributed by atoms with Crippen LogP contribution in [0.2, 0.25) is 0 Å². The summed E-state index contributed by atoms with van der Waals surface area (Å²) in [6.45, 7) is 1.87. The molecule has 1 fully saturated rings. The second-order valence-corrected chi connectivity index (χ2v) is 7.71. The van der Waals surface area contributed by atoms with E-state index >= 15 is 0 Å². The summed E-state index contributed by atoms with van der Waals surface area (Å²) in [5, 5.41) is 0.992. The SMILES string of the molecule is COC(=O)c1ccccc1-c1sc(N2CCCC2)cc1-c1cc(F)ccc1F. The average Bonchev–Trinajstić information content (AvgIpc) is 3.39. The maximum absolute atomic E-state index is 14.6. The zero-order valence-corrected chi connectivity index (χ0v) is 16.2. The van der Waals surface area contributed by atoms with Crippen molar-refractivity contribution >= 4 is 22.3 Å². The molecular weight excluding hydrogens is 380 g/mol. The van der Waals surface area contributed by atoms with Gasteiger partial charge in [0.05, 0.1) is 17.7 Å². The van der Waals surface area contributed by atoms with Crippen LogP contribution in [0.3, 0.4) is 0 Å². The Balaban J connectivity index is 1.94. The molecule has 1 aliphatic heterocycles. The third-order valence-electron chi connectivity index (χ3n) is 4.93. The minimum Gasteiger partial charge on any atom is -0.465 e. The van der Waals surface area contributed by atoms with E-state index in [4.69, 9.17) is 4.74 Å². The average molecular weight is 399 g/mol. The first-order valence-corrected chi connectivity index (χ1v) is 9.92. The van der Waals surface area contributed by atoms with Gasteiger partial charge in [-0.05, 0) is 43.2 Å². The summed E-state index contributed by atoms with van der Waals surface area (Å²) in [6, 6.07) is 12.4. The monoisotopic (exact) mass is 399 g/mol. The Bertz CT molecular complexity index is 1030. The van der Waals surface area contributed by atoms with Crippen LogP contribution >= 0.6 is 11.3 Å². The van der Waals surface area contributed by atoms with E-state index in [-0.39, 0.29) is 5.56 Å². The van der Waals surface area contributed by atoms with Crippen molar-refractivity contribution in [1.29, 1.82) is 0 Å².